The largest absolute Gasteiger partial charge is 0.480 e. The second-order valence-electron chi connectivity index (χ2n) is 5.66. The molecule has 1 aliphatic rings. The van der Waals surface area contributed by atoms with Crippen LogP contribution in [0.5, 0.6) is 0 Å². The van der Waals surface area contributed by atoms with Crippen molar-refractivity contribution in [2.45, 2.75) is 18.9 Å². The maximum Gasteiger partial charge on any atom is 0.326 e. The van der Waals surface area contributed by atoms with Gasteiger partial charge in [0.25, 0.3) is 0 Å². The SMILES string of the molecule is O=C(O)C1CCCN1c1ncnc2c1cnn2-c1ccc(F)cc1. The predicted octanol–water partition coefficient (Wildman–Crippen LogP) is 2.01. The van der Waals surface area contributed by atoms with E-state index in [0.717, 1.165) is 6.42 Å². The zero-order chi connectivity index (χ0) is 16.7. The molecular weight excluding hydrogens is 313 g/mol. The van der Waals surface area contributed by atoms with E-state index >= 15 is 0 Å². The van der Waals surface area contributed by atoms with Crippen LogP contribution in [0.15, 0.2) is 36.8 Å². The van der Waals surface area contributed by atoms with Gasteiger partial charge in [-0.25, -0.2) is 23.8 Å². The first-order valence-electron chi connectivity index (χ1n) is 7.59. The van der Waals surface area contributed by atoms with Crippen molar-refractivity contribution in [3.8, 4) is 5.69 Å². The number of fused-ring (bicyclic) bond motifs is 1. The maximum atomic E-state index is 13.1. The van der Waals surface area contributed by atoms with Crippen molar-refractivity contribution >= 4 is 22.8 Å². The molecule has 1 N–H and O–H groups in total. The molecule has 1 unspecified atom stereocenters. The highest BCUT2D eigenvalue weighted by atomic mass is 19.1. The number of carboxylic acid groups (broad SMARTS) is 1. The van der Waals surface area contributed by atoms with Gasteiger partial charge in [0.1, 0.15) is 24.0 Å². The van der Waals surface area contributed by atoms with Crippen LogP contribution in [0.1, 0.15) is 12.8 Å². The van der Waals surface area contributed by atoms with Crippen LogP contribution in [-0.2, 0) is 4.79 Å². The molecule has 7 nitrogen and oxygen atoms in total. The quantitative estimate of drug-likeness (QED) is 0.792. The molecule has 122 valence electrons. The molecule has 3 heterocycles. The molecule has 4 rings (SSSR count). The molecule has 0 amide bonds. The minimum atomic E-state index is -0.856. The van der Waals surface area contributed by atoms with E-state index in [1.165, 1.54) is 18.5 Å². The van der Waals surface area contributed by atoms with E-state index in [0.29, 0.717) is 35.5 Å². The molecule has 1 saturated heterocycles. The van der Waals surface area contributed by atoms with Gasteiger partial charge in [0.2, 0.25) is 0 Å². The van der Waals surface area contributed by atoms with E-state index in [1.54, 1.807) is 27.9 Å². The first-order chi connectivity index (χ1) is 11.6. The Bertz CT molecular complexity index is 908. The number of benzene rings is 1. The normalized spacial score (nSPS) is 17.5. The van der Waals surface area contributed by atoms with E-state index in [1.807, 2.05) is 0 Å². The smallest absolute Gasteiger partial charge is 0.326 e. The zero-order valence-electron chi connectivity index (χ0n) is 12.6. The monoisotopic (exact) mass is 327 g/mol. The lowest BCUT2D eigenvalue weighted by Gasteiger charge is -2.22. The van der Waals surface area contributed by atoms with E-state index in [2.05, 4.69) is 15.1 Å². The highest BCUT2D eigenvalue weighted by Gasteiger charge is 2.32. The average molecular weight is 327 g/mol. The van der Waals surface area contributed by atoms with E-state index in [-0.39, 0.29) is 5.82 Å². The molecule has 2 aromatic heterocycles. The van der Waals surface area contributed by atoms with Gasteiger partial charge in [0.05, 0.1) is 17.3 Å². The van der Waals surface area contributed by atoms with Crippen LogP contribution in [0.2, 0.25) is 0 Å². The summed E-state index contributed by atoms with van der Waals surface area (Å²) in [6.45, 7) is 0.630. The van der Waals surface area contributed by atoms with Gasteiger partial charge in [-0.15, -0.1) is 0 Å². The summed E-state index contributed by atoms with van der Waals surface area (Å²) >= 11 is 0. The first kappa shape index (κ1) is 14.6. The second kappa shape index (κ2) is 5.55. The number of aromatic nitrogens is 4. The number of carboxylic acids is 1. The van der Waals surface area contributed by atoms with E-state index in [4.69, 9.17) is 0 Å². The Morgan fingerprint density at radius 2 is 2.04 bits per heavy atom. The Morgan fingerprint density at radius 3 is 2.79 bits per heavy atom. The summed E-state index contributed by atoms with van der Waals surface area (Å²) in [4.78, 5) is 21.8. The first-order valence-corrected chi connectivity index (χ1v) is 7.59. The predicted molar refractivity (Wildman–Crippen MR) is 84.6 cm³/mol. The molecule has 8 heteroatoms. The summed E-state index contributed by atoms with van der Waals surface area (Å²) < 4.78 is 14.7. The van der Waals surface area contributed by atoms with Crippen molar-refractivity contribution in [1.82, 2.24) is 19.7 Å². The van der Waals surface area contributed by atoms with Crippen LogP contribution in [0, 0.1) is 5.82 Å². The topological polar surface area (TPSA) is 84.1 Å². The van der Waals surface area contributed by atoms with Gasteiger partial charge < -0.3 is 10.0 Å². The number of anilines is 1. The highest BCUT2D eigenvalue weighted by molar-refractivity contribution is 5.90. The highest BCUT2D eigenvalue weighted by Crippen LogP contribution is 2.30. The number of carbonyl (C=O) groups is 1. The van der Waals surface area contributed by atoms with Crippen LogP contribution in [0.4, 0.5) is 10.2 Å². The van der Waals surface area contributed by atoms with Crippen molar-refractivity contribution in [2.75, 3.05) is 11.4 Å². The van der Waals surface area contributed by atoms with Gasteiger partial charge in [-0.05, 0) is 37.1 Å². The number of nitrogens with zero attached hydrogens (tertiary/aromatic N) is 5. The summed E-state index contributed by atoms with van der Waals surface area (Å²) in [5, 5.41) is 14.4. The van der Waals surface area contributed by atoms with E-state index in [9.17, 15) is 14.3 Å². The van der Waals surface area contributed by atoms with Gasteiger partial charge in [-0.1, -0.05) is 0 Å². The molecule has 0 spiro atoms. The minimum Gasteiger partial charge on any atom is -0.480 e. The molecule has 1 atom stereocenters. The lowest BCUT2D eigenvalue weighted by atomic mass is 10.2. The molecule has 3 aromatic rings. The summed E-state index contributed by atoms with van der Waals surface area (Å²) in [7, 11) is 0. The number of aliphatic carboxylic acids is 1. The van der Waals surface area contributed by atoms with Crippen molar-refractivity contribution in [2.24, 2.45) is 0 Å². The van der Waals surface area contributed by atoms with Crippen molar-refractivity contribution in [1.29, 1.82) is 0 Å². The fourth-order valence-corrected chi connectivity index (χ4v) is 3.11. The van der Waals surface area contributed by atoms with Gasteiger partial charge in [-0.2, -0.15) is 5.10 Å². The van der Waals surface area contributed by atoms with Crippen molar-refractivity contribution in [3.05, 3.63) is 42.6 Å². The molecular formula is C16H14FN5O2. The third-order valence-electron chi connectivity index (χ3n) is 4.23. The molecule has 0 bridgehead atoms. The van der Waals surface area contributed by atoms with Crippen LogP contribution in [0.3, 0.4) is 0 Å². The van der Waals surface area contributed by atoms with Gasteiger partial charge in [0, 0.05) is 6.54 Å². The van der Waals surface area contributed by atoms with Crippen LogP contribution in [-0.4, -0.2) is 43.4 Å². The lowest BCUT2D eigenvalue weighted by Crippen LogP contribution is -2.36. The summed E-state index contributed by atoms with van der Waals surface area (Å²) in [5.41, 5.74) is 1.23. The third kappa shape index (κ3) is 2.27. The number of rotatable bonds is 3. The maximum absolute atomic E-state index is 13.1. The summed E-state index contributed by atoms with van der Waals surface area (Å²) in [5.74, 6) is -0.615. The molecule has 0 saturated carbocycles. The fraction of sp³-hybridized carbons (Fsp3) is 0.250. The summed E-state index contributed by atoms with van der Waals surface area (Å²) in [6, 6.07) is 5.34. The molecule has 0 aliphatic carbocycles. The fourth-order valence-electron chi connectivity index (χ4n) is 3.11. The van der Waals surface area contributed by atoms with Crippen LogP contribution in [0.25, 0.3) is 16.7 Å². The van der Waals surface area contributed by atoms with Crippen molar-refractivity contribution < 1.29 is 14.3 Å². The second-order valence-corrected chi connectivity index (χ2v) is 5.66. The molecule has 1 aromatic carbocycles. The third-order valence-corrected chi connectivity index (χ3v) is 4.23. The Labute approximate surface area is 136 Å². The van der Waals surface area contributed by atoms with Gasteiger partial charge in [0.15, 0.2) is 5.65 Å². The van der Waals surface area contributed by atoms with E-state index < -0.39 is 12.0 Å². The Balaban J connectivity index is 1.82. The van der Waals surface area contributed by atoms with Crippen molar-refractivity contribution in [3.63, 3.8) is 0 Å². The number of hydrogen-bond donors (Lipinski definition) is 1. The minimum absolute atomic E-state index is 0.327. The Hall–Kier alpha value is -3.03. The number of halogens is 1. The average Bonchev–Trinajstić information content (AvgIpc) is 3.22. The van der Waals surface area contributed by atoms with Crippen LogP contribution < -0.4 is 4.90 Å². The standard InChI is InChI=1S/C16H14FN5O2/c17-10-3-5-11(6-4-10)22-15-12(8-20-22)14(18-9-19-15)21-7-1-2-13(21)16(23)24/h3-6,8-9,13H,1-2,7H2,(H,23,24). The van der Waals surface area contributed by atoms with Gasteiger partial charge >= 0.3 is 5.97 Å². The molecule has 1 aliphatic heterocycles. The molecule has 24 heavy (non-hydrogen) atoms. The Kier molecular flexibility index (Phi) is 3.37. The van der Waals surface area contributed by atoms with Gasteiger partial charge in [-0.3, -0.25) is 0 Å². The summed E-state index contributed by atoms with van der Waals surface area (Å²) in [6.07, 6.45) is 4.41. The zero-order valence-corrected chi connectivity index (χ0v) is 12.6. The lowest BCUT2D eigenvalue weighted by molar-refractivity contribution is -0.138. The molecule has 1 fully saturated rings. The Morgan fingerprint density at radius 1 is 1.25 bits per heavy atom. The number of hydrogen-bond acceptors (Lipinski definition) is 5. The molecule has 0 radical (unpaired) electrons. The van der Waals surface area contributed by atoms with Crippen LogP contribution >= 0.6 is 0 Å².